The van der Waals surface area contributed by atoms with Crippen molar-refractivity contribution in [2.45, 2.75) is 83.0 Å². The highest BCUT2D eigenvalue weighted by Gasteiger charge is 2.35. The smallest absolute Gasteiger partial charge is 0.303 e. The van der Waals surface area contributed by atoms with E-state index < -0.39 is 12.1 Å². The van der Waals surface area contributed by atoms with Gasteiger partial charge in [-0.25, -0.2) is 0 Å². The summed E-state index contributed by atoms with van der Waals surface area (Å²) in [6.07, 6.45) is 19.9. The fourth-order valence-electron chi connectivity index (χ4n) is 2.47. The molecule has 0 amide bonds. The van der Waals surface area contributed by atoms with Crippen molar-refractivity contribution in [3.63, 3.8) is 0 Å². The van der Waals surface area contributed by atoms with Crippen molar-refractivity contribution >= 4 is 5.97 Å². The molecule has 3 unspecified atom stereocenters. The number of carbonyl (C=O) groups is 1. The number of allylic oxidation sites excluding steroid dienone is 3. The van der Waals surface area contributed by atoms with Gasteiger partial charge in [0.05, 0.1) is 12.2 Å². The molecule has 24 heavy (non-hydrogen) atoms. The number of carboxylic acid groups (broad SMARTS) is 1. The first-order valence-corrected chi connectivity index (χ1v) is 9.17. The zero-order valence-corrected chi connectivity index (χ0v) is 14.8. The summed E-state index contributed by atoms with van der Waals surface area (Å²) in [5.41, 5.74) is 0. The topological polar surface area (TPSA) is 70.1 Å². The quantitative estimate of drug-likeness (QED) is 0.280. The molecule has 0 aromatic rings. The van der Waals surface area contributed by atoms with Gasteiger partial charge in [-0.3, -0.25) is 4.79 Å². The highest BCUT2D eigenvalue weighted by Crippen LogP contribution is 2.28. The van der Waals surface area contributed by atoms with Crippen LogP contribution in [0.2, 0.25) is 0 Å². The second-order valence-corrected chi connectivity index (χ2v) is 6.29. The zero-order valence-electron chi connectivity index (χ0n) is 14.8. The molecule has 4 heteroatoms. The lowest BCUT2D eigenvalue weighted by molar-refractivity contribution is -0.137. The number of carboxylic acids is 1. The minimum Gasteiger partial charge on any atom is -0.481 e. The normalized spacial score (nSPS) is 21.9. The zero-order chi connectivity index (χ0) is 17.6. The van der Waals surface area contributed by atoms with Crippen LogP contribution in [-0.4, -0.2) is 34.5 Å². The van der Waals surface area contributed by atoms with Crippen LogP contribution in [0.4, 0.5) is 0 Å². The molecule has 1 fully saturated rings. The summed E-state index contributed by atoms with van der Waals surface area (Å²) in [5, 5.41) is 18.4. The van der Waals surface area contributed by atoms with Gasteiger partial charge in [0.15, 0.2) is 0 Å². The SMILES string of the molecule is CCCCC/C=C\C/C=C\CC(O)/C=C/C1OC1CCCC(=O)O. The monoisotopic (exact) mass is 336 g/mol. The second-order valence-electron chi connectivity index (χ2n) is 6.29. The lowest BCUT2D eigenvalue weighted by Crippen LogP contribution is -2.01. The molecule has 4 nitrogen and oxygen atoms in total. The van der Waals surface area contributed by atoms with Gasteiger partial charge in [-0.05, 0) is 38.5 Å². The number of aliphatic carboxylic acids is 1. The highest BCUT2D eigenvalue weighted by atomic mass is 16.6. The highest BCUT2D eigenvalue weighted by molar-refractivity contribution is 5.66. The van der Waals surface area contributed by atoms with Crippen LogP contribution < -0.4 is 0 Å². The number of aliphatic hydroxyl groups is 1. The summed E-state index contributed by atoms with van der Waals surface area (Å²) >= 11 is 0. The Kier molecular flexibility index (Phi) is 11.2. The molecule has 1 aliphatic rings. The first kappa shape index (κ1) is 20.7. The third kappa shape index (κ3) is 11.2. The summed E-state index contributed by atoms with van der Waals surface area (Å²) in [5.74, 6) is -0.763. The maximum absolute atomic E-state index is 10.4. The molecule has 0 aromatic carbocycles. The predicted molar refractivity (Wildman–Crippen MR) is 97.0 cm³/mol. The minimum absolute atomic E-state index is 0.0449. The van der Waals surface area contributed by atoms with Crippen molar-refractivity contribution in [1.29, 1.82) is 0 Å². The van der Waals surface area contributed by atoms with Gasteiger partial charge in [0.2, 0.25) is 0 Å². The molecule has 0 aliphatic carbocycles. The van der Waals surface area contributed by atoms with Gasteiger partial charge in [0.25, 0.3) is 0 Å². The molecule has 1 rings (SSSR count). The van der Waals surface area contributed by atoms with Crippen LogP contribution in [0.5, 0.6) is 0 Å². The van der Waals surface area contributed by atoms with Gasteiger partial charge in [0, 0.05) is 6.42 Å². The number of hydrogen-bond donors (Lipinski definition) is 2. The van der Waals surface area contributed by atoms with Crippen LogP contribution in [0.25, 0.3) is 0 Å². The van der Waals surface area contributed by atoms with Crippen molar-refractivity contribution in [3.05, 3.63) is 36.5 Å². The van der Waals surface area contributed by atoms with Gasteiger partial charge < -0.3 is 14.9 Å². The Labute approximate surface area is 145 Å². The lowest BCUT2D eigenvalue weighted by atomic mass is 10.1. The van der Waals surface area contributed by atoms with E-state index in [-0.39, 0.29) is 18.6 Å². The van der Waals surface area contributed by atoms with E-state index in [9.17, 15) is 9.90 Å². The van der Waals surface area contributed by atoms with Crippen LogP contribution in [0, 0.1) is 0 Å². The maximum Gasteiger partial charge on any atom is 0.303 e. The Morgan fingerprint density at radius 1 is 1.17 bits per heavy atom. The second kappa shape index (κ2) is 13.0. The van der Waals surface area contributed by atoms with Gasteiger partial charge >= 0.3 is 5.97 Å². The number of hydrogen-bond acceptors (Lipinski definition) is 3. The van der Waals surface area contributed by atoms with E-state index in [0.717, 1.165) is 19.3 Å². The van der Waals surface area contributed by atoms with E-state index in [1.54, 1.807) is 6.08 Å². The van der Waals surface area contributed by atoms with Crippen LogP contribution >= 0.6 is 0 Å². The molecule has 3 atom stereocenters. The van der Waals surface area contributed by atoms with Crippen LogP contribution in [0.3, 0.4) is 0 Å². The van der Waals surface area contributed by atoms with Gasteiger partial charge in [0.1, 0.15) is 6.10 Å². The van der Waals surface area contributed by atoms with Crippen molar-refractivity contribution < 1.29 is 19.7 Å². The lowest BCUT2D eigenvalue weighted by Gasteiger charge is -1.99. The average Bonchev–Trinajstić information content (AvgIpc) is 3.29. The van der Waals surface area contributed by atoms with E-state index in [2.05, 4.69) is 25.2 Å². The van der Waals surface area contributed by atoms with E-state index in [1.165, 1.54) is 19.3 Å². The van der Waals surface area contributed by atoms with Crippen molar-refractivity contribution in [1.82, 2.24) is 0 Å². The Bertz CT molecular complexity index is 425. The van der Waals surface area contributed by atoms with Crippen LogP contribution in [0.1, 0.15) is 64.7 Å². The van der Waals surface area contributed by atoms with Gasteiger partial charge in [-0.2, -0.15) is 0 Å². The number of aliphatic hydroxyl groups excluding tert-OH is 1. The summed E-state index contributed by atoms with van der Waals surface area (Å²) < 4.78 is 5.43. The van der Waals surface area contributed by atoms with E-state index >= 15 is 0 Å². The molecule has 1 saturated heterocycles. The fraction of sp³-hybridized carbons (Fsp3) is 0.650. The molecule has 136 valence electrons. The molecule has 0 bridgehead atoms. The largest absolute Gasteiger partial charge is 0.481 e. The Hall–Kier alpha value is -1.39. The number of rotatable bonds is 14. The molecule has 0 aromatic heterocycles. The molecule has 0 spiro atoms. The molecular formula is C20H32O4. The van der Waals surface area contributed by atoms with E-state index in [4.69, 9.17) is 9.84 Å². The minimum atomic E-state index is -0.763. The standard InChI is InChI=1S/C20H32O4/c1-2-3-4-5-6-7-8-9-10-12-17(21)15-16-19-18(24-19)13-11-14-20(22)23/h6-7,9-10,15-19,21H,2-5,8,11-14H2,1H3,(H,22,23)/b7-6-,10-9-,16-15+. The predicted octanol–water partition coefficient (Wildman–Crippen LogP) is 4.40. The van der Waals surface area contributed by atoms with E-state index in [1.807, 2.05) is 12.2 Å². The van der Waals surface area contributed by atoms with Crippen LogP contribution in [0.15, 0.2) is 36.5 Å². The molecule has 1 heterocycles. The average molecular weight is 336 g/mol. The molecule has 1 aliphatic heterocycles. The Morgan fingerprint density at radius 2 is 1.96 bits per heavy atom. The summed E-state index contributed by atoms with van der Waals surface area (Å²) in [6, 6.07) is 0. The Morgan fingerprint density at radius 3 is 2.71 bits per heavy atom. The summed E-state index contributed by atoms with van der Waals surface area (Å²) in [6.45, 7) is 2.21. The maximum atomic E-state index is 10.4. The van der Waals surface area contributed by atoms with Crippen LogP contribution in [-0.2, 0) is 9.53 Å². The molecule has 0 saturated carbocycles. The van der Waals surface area contributed by atoms with Gasteiger partial charge in [-0.15, -0.1) is 0 Å². The van der Waals surface area contributed by atoms with Crippen molar-refractivity contribution in [2.75, 3.05) is 0 Å². The third-order valence-corrected chi connectivity index (χ3v) is 3.98. The van der Waals surface area contributed by atoms with Crippen molar-refractivity contribution in [3.8, 4) is 0 Å². The Balaban J connectivity index is 2.02. The molecule has 0 radical (unpaired) electrons. The molecular weight excluding hydrogens is 304 g/mol. The first-order valence-electron chi connectivity index (χ1n) is 9.17. The van der Waals surface area contributed by atoms with Gasteiger partial charge in [-0.1, -0.05) is 56.2 Å². The summed E-state index contributed by atoms with van der Waals surface area (Å²) in [7, 11) is 0. The number of epoxide rings is 1. The number of ether oxygens (including phenoxy) is 1. The fourth-order valence-corrected chi connectivity index (χ4v) is 2.47. The molecule has 2 N–H and O–H groups in total. The summed E-state index contributed by atoms with van der Waals surface area (Å²) in [4.78, 5) is 10.4. The van der Waals surface area contributed by atoms with Crippen molar-refractivity contribution in [2.24, 2.45) is 0 Å². The first-order chi connectivity index (χ1) is 11.6. The third-order valence-electron chi connectivity index (χ3n) is 3.98. The van der Waals surface area contributed by atoms with E-state index in [0.29, 0.717) is 12.8 Å². The number of unbranched alkanes of at least 4 members (excludes halogenated alkanes) is 3.